The van der Waals surface area contributed by atoms with Gasteiger partial charge in [-0.2, -0.15) is 0 Å². The van der Waals surface area contributed by atoms with Gasteiger partial charge in [0, 0.05) is 16.1 Å². The van der Waals surface area contributed by atoms with E-state index in [0.717, 1.165) is 11.1 Å². The summed E-state index contributed by atoms with van der Waals surface area (Å²) in [6.07, 6.45) is 0. The lowest BCUT2D eigenvalue weighted by Crippen LogP contribution is -2.04. The van der Waals surface area contributed by atoms with Crippen LogP contribution in [0.2, 0.25) is 10.0 Å². The number of halogens is 2. The summed E-state index contributed by atoms with van der Waals surface area (Å²) in [6.45, 7) is 0. The number of anilines is 1. The molecule has 2 aromatic carbocycles. The minimum atomic E-state index is 0.495. The largest absolute Gasteiger partial charge is 0.398 e. The van der Waals surface area contributed by atoms with Crippen LogP contribution in [0.15, 0.2) is 36.4 Å². The summed E-state index contributed by atoms with van der Waals surface area (Å²) >= 11 is 12.3. The van der Waals surface area contributed by atoms with E-state index in [2.05, 4.69) is 0 Å². The summed E-state index contributed by atoms with van der Waals surface area (Å²) in [5.74, 6) is 0. The Balaban J connectivity index is 2.68. The van der Waals surface area contributed by atoms with Gasteiger partial charge in [-0.25, -0.2) is 0 Å². The Kier molecular flexibility index (Phi) is 3.13. The monoisotopic (exact) mass is 247 g/mol. The SMILES string of the molecule is [B]c1cccc(-c2cccc(N)c2Cl)c1Cl. The molecule has 0 bridgehead atoms. The molecule has 0 saturated carbocycles. The molecular formula is C12H8BCl2N. The summed E-state index contributed by atoms with van der Waals surface area (Å²) < 4.78 is 0. The Morgan fingerprint density at radius 2 is 1.44 bits per heavy atom. The van der Waals surface area contributed by atoms with Crippen LogP contribution in [-0.2, 0) is 0 Å². The van der Waals surface area contributed by atoms with Crippen LogP contribution in [0.25, 0.3) is 11.1 Å². The van der Waals surface area contributed by atoms with E-state index in [4.69, 9.17) is 36.8 Å². The van der Waals surface area contributed by atoms with Crippen LogP contribution in [-0.4, -0.2) is 7.85 Å². The fraction of sp³-hybridized carbons (Fsp3) is 0. The van der Waals surface area contributed by atoms with Crippen molar-refractivity contribution in [2.45, 2.75) is 0 Å². The van der Waals surface area contributed by atoms with Crippen molar-refractivity contribution in [2.75, 3.05) is 5.73 Å². The topological polar surface area (TPSA) is 26.0 Å². The molecular weight excluding hydrogens is 240 g/mol. The third-order valence-corrected chi connectivity index (χ3v) is 3.19. The quantitative estimate of drug-likeness (QED) is 0.609. The van der Waals surface area contributed by atoms with Crippen molar-refractivity contribution < 1.29 is 0 Å². The highest BCUT2D eigenvalue weighted by molar-refractivity contribution is 6.47. The number of rotatable bonds is 1. The van der Waals surface area contributed by atoms with Gasteiger partial charge in [0.1, 0.15) is 7.85 Å². The van der Waals surface area contributed by atoms with E-state index < -0.39 is 0 Å². The van der Waals surface area contributed by atoms with Crippen molar-refractivity contribution in [1.82, 2.24) is 0 Å². The van der Waals surface area contributed by atoms with Crippen LogP contribution in [0.3, 0.4) is 0 Å². The van der Waals surface area contributed by atoms with Crippen molar-refractivity contribution in [3.05, 3.63) is 46.4 Å². The molecule has 2 N–H and O–H groups in total. The van der Waals surface area contributed by atoms with Gasteiger partial charge in [0.05, 0.1) is 10.7 Å². The first-order valence-electron chi connectivity index (χ1n) is 4.69. The highest BCUT2D eigenvalue weighted by Gasteiger charge is 2.10. The van der Waals surface area contributed by atoms with Crippen LogP contribution in [0, 0.1) is 0 Å². The van der Waals surface area contributed by atoms with Gasteiger partial charge < -0.3 is 5.73 Å². The minimum absolute atomic E-state index is 0.495. The molecule has 0 atom stereocenters. The smallest absolute Gasteiger partial charge is 0.115 e. The predicted molar refractivity (Wildman–Crippen MR) is 71.7 cm³/mol. The number of hydrogen-bond donors (Lipinski definition) is 1. The van der Waals surface area contributed by atoms with Gasteiger partial charge >= 0.3 is 0 Å². The zero-order chi connectivity index (χ0) is 11.7. The van der Waals surface area contributed by atoms with E-state index >= 15 is 0 Å². The normalized spacial score (nSPS) is 10.4. The van der Waals surface area contributed by atoms with Crippen molar-refractivity contribution in [1.29, 1.82) is 0 Å². The van der Waals surface area contributed by atoms with Crippen molar-refractivity contribution in [3.63, 3.8) is 0 Å². The van der Waals surface area contributed by atoms with Crippen molar-refractivity contribution in [2.24, 2.45) is 0 Å². The van der Waals surface area contributed by atoms with Gasteiger partial charge in [0.15, 0.2) is 0 Å². The molecule has 0 saturated heterocycles. The van der Waals surface area contributed by atoms with Crippen LogP contribution in [0.5, 0.6) is 0 Å². The molecule has 0 fully saturated rings. The number of benzene rings is 2. The summed E-state index contributed by atoms with van der Waals surface area (Å²) in [5.41, 5.74) is 8.37. The Labute approximate surface area is 106 Å². The maximum Gasteiger partial charge on any atom is 0.115 e. The zero-order valence-electron chi connectivity index (χ0n) is 8.37. The Bertz CT molecular complexity index is 491. The van der Waals surface area contributed by atoms with Crippen LogP contribution in [0.4, 0.5) is 5.69 Å². The molecule has 0 aliphatic carbocycles. The van der Waals surface area contributed by atoms with Gasteiger partial charge in [-0.1, -0.05) is 59.0 Å². The molecule has 78 valence electrons. The molecule has 2 aromatic rings. The summed E-state index contributed by atoms with van der Waals surface area (Å²) in [4.78, 5) is 0. The predicted octanol–water partition coefficient (Wildman–Crippen LogP) is 3.04. The van der Waals surface area contributed by atoms with E-state index in [-0.39, 0.29) is 0 Å². The Hall–Kier alpha value is -1.12. The van der Waals surface area contributed by atoms with E-state index in [1.807, 2.05) is 24.3 Å². The van der Waals surface area contributed by atoms with E-state index in [9.17, 15) is 0 Å². The number of nitrogen functional groups attached to an aromatic ring is 1. The minimum Gasteiger partial charge on any atom is -0.398 e. The molecule has 16 heavy (non-hydrogen) atoms. The van der Waals surface area contributed by atoms with Gasteiger partial charge in [0.25, 0.3) is 0 Å². The average Bonchev–Trinajstić information content (AvgIpc) is 2.27. The highest BCUT2D eigenvalue weighted by atomic mass is 35.5. The molecule has 0 heterocycles. The molecule has 0 aliphatic heterocycles. The van der Waals surface area contributed by atoms with E-state index in [1.54, 1.807) is 12.1 Å². The standard InChI is InChI=1S/C12H8BCl2N/c13-9-5-1-3-7(11(9)14)8-4-2-6-10(16)12(8)15/h1-6H,16H2. The fourth-order valence-corrected chi connectivity index (χ4v) is 1.97. The average molecular weight is 248 g/mol. The highest BCUT2D eigenvalue weighted by Crippen LogP contribution is 2.35. The lowest BCUT2D eigenvalue weighted by Gasteiger charge is -2.10. The third kappa shape index (κ3) is 1.91. The second-order valence-electron chi connectivity index (χ2n) is 3.42. The van der Waals surface area contributed by atoms with Gasteiger partial charge in [0.2, 0.25) is 0 Å². The number of hydrogen-bond acceptors (Lipinski definition) is 1. The van der Waals surface area contributed by atoms with Crippen LogP contribution >= 0.6 is 23.2 Å². The Morgan fingerprint density at radius 1 is 0.875 bits per heavy atom. The maximum absolute atomic E-state index is 6.13. The lowest BCUT2D eigenvalue weighted by atomic mass is 9.92. The van der Waals surface area contributed by atoms with Crippen LogP contribution in [0.1, 0.15) is 0 Å². The maximum atomic E-state index is 6.13. The first kappa shape index (κ1) is 11.4. The van der Waals surface area contributed by atoms with Crippen LogP contribution < -0.4 is 11.2 Å². The first-order valence-corrected chi connectivity index (χ1v) is 5.45. The summed E-state index contributed by atoms with van der Waals surface area (Å²) in [6, 6.07) is 10.9. The third-order valence-electron chi connectivity index (χ3n) is 2.35. The summed E-state index contributed by atoms with van der Waals surface area (Å²) in [7, 11) is 5.74. The molecule has 4 heteroatoms. The molecule has 2 radical (unpaired) electrons. The second-order valence-corrected chi connectivity index (χ2v) is 4.17. The van der Waals surface area contributed by atoms with Crippen molar-refractivity contribution >= 4 is 42.2 Å². The van der Waals surface area contributed by atoms with Gasteiger partial charge in [-0.15, -0.1) is 0 Å². The molecule has 0 aliphatic rings. The van der Waals surface area contributed by atoms with E-state index in [1.165, 1.54) is 0 Å². The number of nitrogens with two attached hydrogens (primary N) is 1. The molecule has 0 aromatic heterocycles. The summed E-state index contributed by atoms with van der Waals surface area (Å²) in [5, 5.41) is 0.991. The lowest BCUT2D eigenvalue weighted by molar-refractivity contribution is 1.62. The van der Waals surface area contributed by atoms with Gasteiger partial charge in [-0.05, 0) is 6.07 Å². The molecule has 1 nitrogen and oxygen atoms in total. The van der Waals surface area contributed by atoms with Crippen molar-refractivity contribution in [3.8, 4) is 11.1 Å². The second kappa shape index (κ2) is 4.40. The molecule has 0 amide bonds. The Morgan fingerprint density at radius 3 is 2.12 bits per heavy atom. The van der Waals surface area contributed by atoms with E-state index in [0.29, 0.717) is 21.2 Å². The molecule has 2 rings (SSSR count). The molecule has 0 spiro atoms. The zero-order valence-corrected chi connectivity index (χ0v) is 9.89. The van der Waals surface area contributed by atoms with Gasteiger partial charge in [-0.3, -0.25) is 0 Å². The molecule has 0 unspecified atom stereocenters. The first-order chi connectivity index (χ1) is 7.61. The fourth-order valence-electron chi connectivity index (χ4n) is 1.52.